The Balaban J connectivity index is 2.67. The van der Waals surface area contributed by atoms with Gasteiger partial charge in [0, 0.05) is 5.02 Å². The Labute approximate surface area is 187 Å². The highest BCUT2D eigenvalue weighted by Crippen LogP contribution is 2.32. The fourth-order valence-electron chi connectivity index (χ4n) is 2.81. The molecule has 0 aliphatic rings. The lowest BCUT2D eigenvalue weighted by molar-refractivity contribution is 0.00700. The van der Waals surface area contributed by atoms with E-state index in [2.05, 4.69) is 0 Å². The van der Waals surface area contributed by atoms with Crippen LogP contribution in [0.1, 0.15) is 72.1 Å². The van der Waals surface area contributed by atoms with E-state index in [1.54, 1.807) is 45.9 Å². The number of carbonyl (C=O) groups is 3. The number of esters is 3. The molecule has 0 aliphatic carbocycles. The van der Waals surface area contributed by atoms with Crippen molar-refractivity contribution in [1.82, 2.24) is 0 Å². The number of carbonyl (C=O) groups excluding carboxylic acids is 3. The average Bonchev–Trinajstić information content (AvgIpc) is 2.70. The quantitative estimate of drug-likeness (QED) is 0.400. The average molecular weight is 447 g/mol. The summed E-state index contributed by atoms with van der Waals surface area (Å²) in [5.41, 5.74) is 0.613. The molecule has 0 saturated carbocycles. The summed E-state index contributed by atoms with van der Waals surface area (Å²) in [6.07, 6.45) is 0.675. The Kier molecular flexibility index (Phi) is 8.22. The van der Waals surface area contributed by atoms with Gasteiger partial charge in [-0.2, -0.15) is 0 Å². The largest absolute Gasteiger partial charge is 0.462 e. The van der Waals surface area contributed by atoms with Crippen molar-refractivity contribution in [2.45, 2.75) is 46.6 Å². The molecule has 0 unspecified atom stereocenters. The Morgan fingerprint density at radius 1 is 0.839 bits per heavy atom. The van der Waals surface area contributed by atoms with Crippen LogP contribution in [0.4, 0.5) is 0 Å². The minimum absolute atomic E-state index is 0.119. The zero-order valence-corrected chi connectivity index (χ0v) is 19.2. The van der Waals surface area contributed by atoms with Gasteiger partial charge < -0.3 is 14.2 Å². The molecule has 7 heteroatoms. The maximum Gasteiger partial charge on any atom is 0.339 e. The Morgan fingerprint density at radius 2 is 1.55 bits per heavy atom. The van der Waals surface area contributed by atoms with Crippen molar-refractivity contribution in [3.05, 3.63) is 58.1 Å². The first-order chi connectivity index (χ1) is 14.6. The van der Waals surface area contributed by atoms with E-state index in [4.69, 9.17) is 25.8 Å². The first kappa shape index (κ1) is 24.4. The normalized spacial score (nSPS) is 11.0. The topological polar surface area (TPSA) is 78.9 Å². The highest BCUT2D eigenvalue weighted by molar-refractivity contribution is 6.31. The molecule has 0 N–H and O–H groups in total. The van der Waals surface area contributed by atoms with Crippen molar-refractivity contribution < 1.29 is 28.6 Å². The molecule has 166 valence electrons. The third-order valence-corrected chi connectivity index (χ3v) is 4.31. The molecule has 31 heavy (non-hydrogen) atoms. The number of ether oxygens (including phenoxy) is 3. The number of benzene rings is 2. The monoisotopic (exact) mass is 446 g/mol. The van der Waals surface area contributed by atoms with E-state index in [0.717, 1.165) is 0 Å². The molecule has 0 atom stereocenters. The van der Waals surface area contributed by atoms with E-state index in [1.165, 1.54) is 18.2 Å². The molecule has 2 aromatic rings. The van der Waals surface area contributed by atoms with Crippen LogP contribution < -0.4 is 0 Å². The van der Waals surface area contributed by atoms with Crippen LogP contribution >= 0.6 is 11.6 Å². The van der Waals surface area contributed by atoms with E-state index in [0.29, 0.717) is 22.6 Å². The summed E-state index contributed by atoms with van der Waals surface area (Å²) < 4.78 is 15.9. The molecule has 0 fully saturated rings. The molecule has 0 aromatic heterocycles. The fraction of sp³-hybridized carbons (Fsp3) is 0.375. The maximum atomic E-state index is 13.0. The number of halogens is 1. The maximum absolute atomic E-state index is 13.0. The highest BCUT2D eigenvalue weighted by Gasteiger charge is 2.25. The van der Waals surface area contributed by atoms with Crippen LogP contribution in [-0.4, -0.2) is 36.7 Å². The first-order valence-corrected chi connectivity index (χ1v) is 10.5. The molecule has 2 aromatic carbocycles. The summed E-state index contributed by atoms with van der Waals surface area (Å²) in [5.74, 6) is -1.73. The van der Waals surface area contributed by atoms with E-state index >= 15 is 0 Å². The van der Waals surface area contributed by atoms with Gasteiger partial charge in [-0.1, -0.05) is 24.6 Å². The van der Waals surface area contributed by atoms with Crippen molar-refractivity contribution >= 4 is 29.5 Å². The third-order valence-electron chi connectivity index (χ3n) is 4.08. The van der Waals surface area contributed by atoms with Gasteiger partial charge in [0.15, 0.2) is 0 Å². The molecular formula is C24H27ClO6. The molecule has 6 nitrogen and oxygen atoms in total. The smallest absolute Gasteiger partial charge is 0.339 e. The lowest BCUT2D eigenvalue weighted by Gasteiger charge is -2.21. The van der Waals surface area contributed by atoms with Crippen molar-refractivity contribution in [2.75, 3.05) is 13.2 Å². The van der Waals surface area contributed by atoms with Crippen molar-refractivity contribution in [3.8, 4) is 11.1 Å². The molecule has 0 bridgehead atoms. The summed E-state index contributed by atoms with van der Waals surface area (Å²) in [7, 11) is 0. The van der Waals surface area contributed by atoms with Crippen molar-refractivity contribution in [3.63, 3.8) is 0 Å². The summed E-state index contributed by atoms with van der Waals surface area (Å²) >= 11 is 6.18. The van der Waals surface area contributed by atoms with Gasteiger partial charge in [-0.3, -0.25) is 0 Å². The standard InChI is InChI=1S/C24H27ClO6/c1-6-12-30-21(26)15-8-10-17(20(13-15)23(28)31-24(3,4)5)19-14-16(25)9-11-18(19)22(27)29-7-2/h8-11,13-14H,6-7,12H2,1-5H3. The van der Waals surface area contributed by atoms with Gasteiger partial charge >= 0.3 is 17.9 Å². The predicted octanol–water partition coefficient (Wildman–Crippen LogP) is 5.71. The SMILES string of the molecule is CCCOC(=O)c1ccc(-c2cc(Cl)ccc2C(=O)OCC)c(C(=O)OC(C)(C)C)c1. The minimum atomic E-state index is -0.759. The fourth-order valence-corrected chi connectivity index (χ4v) is 2.98. The summed E-state index contributed by atoms with van der Waals surface area (Å²) in [6, 6.07) is 9.22. The second kappa shape index (κ2) is 10.4. The van der Waals surface area contributed by atoms with Gasteiger partial charge in [0.25, 0.3) is 0 Å². The van der Waals surface area contributed by atoms with E-state index in [1.807, 2.05) is 6.92 Å². The second-order valence-electron chi connectivity index (χ2n) is 7.81. The highest BCUT2D eigenvalue weighted by atomic mass is 35.5. The molecule has 2 rings (SSSR count). The molecule has 0 aliphatic heterocycles. The number of rotatable bonds is 7. The van der Waals surface area contributed by atoms with Crippen molar-refractivity contribution in [1.29, 1.82) is 0 Å². The molecule has 0 spiro atoms. The zero-order valence-electron chi connectivity index (χ0n) is 18.4. The zero-order chi connectivity index (χ0) is 23.2. The Bertz CT molecular complexity index is 975. The number of hydrogen-bond acceptors (Lipinski definition) is 6. The van der Waals surface area contributed by atoms with E-state index in [-0.39, 0.29) is 29.9 Å². The van der Waals surface area contributed by atoms with E-state index < -0.39 is 23.5 Å². The van der Waals surface area contributed by atoms with Crippen molar-refractivity contribution in [2.24, 2.45) is 0 Å². The lowest BCUT2D eigenvalue weighted by atomic mass is 9.93. The van der Waals surface area contributed by atoms with Crippen LogP contribution in [0.25, 0.3) is 11.1 Å². The minimum Gasteiger partial charge on any atom is -0.462 e. The van der Waals surface area contributed by atoms with Crippen LogP contribution in [-0.2, 0) is 14.2 Å². The molecule has 0 amide bonds. The van der Waals surface area contributed by atoms with Crippen LogP contribution in [0, 0.1) is 0 Å². The van der Waals surface area contributed by atoms with Gasteiger partial charge in [-0.15, -0.1) is 0 Å². The third kappa shape index (κ3) is 6.56. The predicted molar refractivity (Wildman–Crippen MR) is 119 cm³/mol. The lowest BCUT2D eigenvalue weighted by Crippen LogP contribution is -2.24. The molecule has 0 saturated heterocycles. The summed E-state index contributed by atoms with van der Waals surface area (Å²) in [5, 5.41) is 0.379. The summed E-state index contributed by atoms with van der Waals surface area (Å²) in [6.45, 7) is 9.29. The molecule has 0 radical (unpaired) electrons. The van der Waals surface area contributed by atoms with Gasteiger partial charge in [0.2, 0.25) is 0 Å². The second-order valence-corrected chi connectivity index (χ2v) is 8.24. The van der Waals surface area contributed by atoms with Gasteiger partial charge in [0.05, 0.1) is 29.9 Å². The first-order valence-electron chi connectivity index (χ1n) is 10.1. The molecule has 0 heterocycles. The molecular weight excluding hydrogens is 420 g/mol. The van der Waals surface area contributed by atoms with Crippen LogP contribution in [0.15, 0.2) is 36.4 Å². The van der Waals surface area contributed by atoms with Gasteiger partial charge in [0.1, 0.15) is 5.60 Å². The Hall–Kier alpha value is -2.86. The summed E-state index contributed by atoms with van der Waals surface area (Å²) in [4.78, 5) is 37.9. The van der Waals surface area contributed by atoms with Crippen LogP contribution in [0.2, 0.25) is 5.02 Å². The van der Waals surface area contributed by atoms with Crippen LogP contribution in [0.3, 0.4) is 0 Å². The van der Waals surface area contributed by atoms with Gasteiger partial charge in [-0.05, 0) is 75.6 Å². The number of hydrogen-bond donors (Lipinski definition) is 0. The van der Waals surface area contributed by atoms with E-state index in [9.17, 15) is 14.4 Å². The van der Waals surface area contributed by atoms with Crippen LogP contribution in [0.5, 0.6) is 0 Å². The van der Waals surface area contributed by atoms with Gasteiger partial charge in [-0.25, -0.2) is 14.4 Å². The Morgan fingerprint density at radius 3 is 2.16 bits per heavy atom.